The molecule has 0 bridgehead atoms. The van der Waals surface area contributed by atoms with E-state index >= 15 is 0 Å². The summed E-state index contributed by atoms with van der Waals surface area (Å²) in [6.45, 7) is 3.58. The Bertz CT molecular complexity index is 467. The van der Waals surface area contributed by atoms with E-state index in [1.54, 1.807) is 14.0 Å². The fourth-order valence-electron chi connectivity index (χ4n) is 2.06. The maximum absolute atomic E-state index is 11.2. The molecule has 1 aromatic rings. The van der Waals surface area contributed by atoms with E-state index in [-0.39, 0.29) is 11.4 Å². The third kappa shape index (κ3) is 2.49. The van der Waals surface area contributed by atoms with Crippen LogP contribution < -0.4 is 0 Å². The average Bonchev–Trinajstić information content (AvgIpc) is 2.57. The van der Waals surface area contributed by atoms with E-state index < -0.39 is 16.8 Å². The molecule has 7 nitrogen and oxygen atoms in total. The normalized spacial score (nSPS) is 12.4. The lowest BCUT2D eigenvalue weighted by Gasteiger charge is -2.09. The molecule has 18 heavy (non-hydrogen) atoms. The summed E-state index contributed by atoms with van der Waals surface area (Å²) in [6, 6.07) is 0. The number of hydrogen-bond acceptors (Lipinski definition) is 4. The third-order valence-corrected chi connectivity index (χ3v) is 2.84. The average molecular weight is 255 g/mol. The first-order chi connectivity index (χ1) is 8.43. The van der Waals surface area contributed by atoms with Crippen molar-refractivity contribution in [2.45, 2.75) is 39.0 Å². The molecule has 1 atom stereocenters. The highest BCUT2D eigenvalue weighted by Crippen LogP contribution is 2.32. The monoisotopic (exact) mass is 255 g/mol. The summed E-state index contributed by atoms with van der Waals surface area (Å²) in [7, 11) is 1.55. The van der Waals surface area contributed by atoms with Gasteiger partial charge in [0.15, 0.2) is 0 Å². The molecule has 1 N–H and O–H groups in total. The lowest BCUT2D eigenvalue weighted by molar-refractivity contribution is -0.386. The van der Waals surface area contributed by atoms with E-state index in [1.807, 2.05) is 6.92 Å². The van der Waals surface area contributed by atoms with E-state index in [0.717, 1.165) is 6.42 Å². The van der Waals surface area contributed by atoms with Crippen LogP contribution >= 0.6 is 0 Å². The molecule has 0 aliphatic heterocycles. The number of aryl methyl sites for hydroxylation is 2. The summed E-state index contributed by atoms with van der Waals surface area (Å²) in [5, 5.41) is 24.4. The zero-order valence-corrected chi connectivity index (χ0v) is 10.7. The van der Waals surface area contributed by atoms with Crippen LogP contribution in [0.5, 0.6) is 0 Å². The van der Waals surface area contributed by atoms with Gasteiger partial charge in [0.2, 0.25) is 0 Å². The molecular weight excluding hydrogens is 238 g/mol. The second-order valence-electron chi connectivity index (χ2n) is 4.11. The molecule has 0 aliphatic rings. The van der Waals surface area contributed by atoms with Gasteiger partial charge in [-0.3, -0.25) is 19.6 Å². The van der Waals surface area contributed by atoms with Gasteiger partial charge in [0, 0.05) is 7.05 Å². The van der Waals surface area contributed by atoms with E-state index in [9.17, 15) is 14.9 Å². The summed E-state index contributed by atoms with van der Waals surface area (Å²) >= 11 is 0. The van der Waals surface area contributed by atoms with Crippen LogP contribution in [0.2, 0.25) is 0 Å². The minimum Gasteiger partial charge on any atom is -0.481 e. The molecule has 100 valence electrons. The highest BCUT2D eigenvalue weighted by atomic mass is 16.6. The van der Waals surface area contributed by atoms with Gasteiger partial charge in [-0.2, -0.15) is 5.10 Å². The first-order valence-corrected chi connectivity index (χ1v) is 5.86. The van der Waals surface area contributed by atoms with Crippen molar-refractivity contribution in [2.75, 3.05) is 0 Å². The maximum Gasteiger partial charge on any atom is 0.314 e. The smallest absolute Gasteiger partial charge is 0.314 e. The topological polar surface area (TPSA) is 98.3 Å². The Labute approximate surface area is 105 Å². The highest BCUT2D eigenvalue weighted by molar-refractivity contribution is 5.77. The van der Waals surface area contributed by atoms with Crippen LogP contribution in [0.4, 0.5) is 5.69 Å². The second kappa shape index (κ2) is 5.61. The molecule has 0 amide bonds. The zero-order valence-electron chi connectivity index (χ0n) is 10.7. The minimum absolute atomic E-state index is 0.145. The van der Waals surface area contributed by atoms with Crippen molar-refractivity contribution < 1.29 is 14.8 Å². The maximum atomic E-state index is 11.2. The first kappa shape index (κ1) is 14.1. The van der Waals surface area contributed by atoms with Crippen LogP contribution in [-0.2, 0) is 18.3 Å². The van der Waals surface area contributed by atoms with Crippen LogP contribution in [0, 0.1) is 10.1 Å². The Kier molecular flexibility index (Phi) is 4.41. The summed E-state index contributed by atoms with van der Waals surface area (Å²) in [4.78, 5) is 21.8. The van der Waals surface area contributed by atoms with Crippen molar-refractivity contribution >= 4 is 11.7 Å². The molecule has 7 heteroatoms. The SMILES string of the molecule is CCCc1nn(C)c(C(CC)C(=O)O)c1[N+](=O)[O-]. The van der Waals surface area contributed by atoms with Gasteiger partial charge in [-0.1, -0.05) is 20.3 Å². The second-order valence-corrected chi connectivity index (χ2v) is 4.11. The quantitative estimate of drug-likeness (QED) is 0.618. The Morgan fingerprint density at radius 2 is 2.17 bits per heavy atom. The predicted molar refractivity (Wildman–Crippen MR) is 64.5 cm³/mol. The zero-order chi connectivity index (χ0) is 13.9. The largest absolute Gasteiger partial charge is 0.481 e. The fourth-order valence-corrected chi connectivity index (χ4v) is 2.06. The Hall–Kier alpha value is -1.92. The van der Waals surface area contributed by atoms with Crippen molar-refractivity contribution in [3.63, 3.8) is 0 Å². The van der Waals surface area contributed by atoms with Crippen LogP contribution in [0.25, 0.3) is 0 Å². The van der Waals surface area contributed by atoms with Crippen LogP contribution in [0.15, 0.2) is 0 Å². The molecule has 0 aliphatic carbocycles. The van der Waals surface area contributed by atoms with Gasteiger partial charge in [0.1, 0.15) is 17.3 Å². The third-order valence-electron chi connectivity index (χ3n) is 2.84. The van der Waals surface area contributed by atoms with E-state index in [4.69, 9.17) is 5.11 Å². The van der Waals surface area contributed by atoms with Gasteiger partial charge in [-0.25, -0.2) is 0 Å². The van der Waals surface area contributed by atoms with Crippen molar-refractivity contribution in [3.05, 3.63) is 21.5 Å². The molecule has 0 saturated carbocycles. The highest BCUT2D eigenvalue weighted by Gasteiger charge is 2.34. The lowest BCUT2D eigenvalue weighted by atomic mass is 10.00. The molecule has 0 radical (unpaired) electrons. The summed E-state index contributed by atoms with van der Waals surface area (Å²) in [5.41, 5.74) is 0.395. The van der Waals surface area contributed by atoms with E-state index in [0.29, 0.717) is 18.5 Å². The van der Waals surface area contributed by atoms with Gasteiger partial charge >= 0.3 is 11.7 Å². The predicted octanol–water partition coefficient (Wildman–Crippen LogP) is 1.86. The summed E-state index contributed by atoms with van der Waals surface area (Å²) in [6.07, 6.45) is 1.49. The molecule has 0 aromatic carbocycles. The van der Waals surface area contributed by atoms with Crippen LogP contribution in [0.3, 0.4) is 0 Å². The molecule has 0 spiro atoms. The van der Waals surface area contributed by atoms with Gasteiger partial charge in [-0.05, 0) is 12.8 Å². The standard InChI is InChI=1S/C11H17N3O4/c1-4-6-8-10(14(17)18)9(13(3)12-8)7(5-2)11(15)16/h7H,4-6H2,1-3H3,(H,15,16). The molecule has 0 fully saturated rings. The summed E-state index contributed by atoms with van der Waals surface area (Å²) in [5.74, 6) is -1.96. The molecular formula is C11H17N3O4. The number of hydrogen-bond donors (Lipinski definition) is 1. The number of carboxylic acids is 1. The Morgan fingerprint density at radius 1 is 1.56 bits per heavy atom. The number of aromatic nitrogens is 2. The first-order valence-electron chi connectivity index (χ1n) is 5.86. The van der Waals surface area contributed by atoms with Gasteiger partial charge in [0.25, 0.3) is 0 Å². The Balaban J connectivity index is 3.41. The molecule has 1 aromatic heterocycles. The molecule has 1 unspecified atom stereocenters. The number of nitrogens with zero attached hydrogens (tertiary/aromatic N) is 3. The minimum atomic E-state index is -1.06. The van der Waals surface area contributed by atoms with Crippen LogP contribution in [-0.4, -0.2) is 25.8 Å². The van der Waals surface area contributed by atoms with Crippen molar-refractivity contribution in [2.24, 2.45) is 7.05 Å². The number of nitro groups is 1. The Morgan fingerprint density at radius 3 is 2.56 bits per heavy atom. The fraction of sp³-hybridized carbons (Fsp3) is 0.636. The van der Waals surface area contributed by atoms with Gasteiger partial charge < -0.3 is 5.11 Å². The lowest BCUT2D eigenvalue weighted by Crippen LogP contribution is -2.15. The van der Waals surface area contributed by atoms with Crippen molar-refractivity contribution in [1.82, 2.24) is 9.78 Å². The number of carboxylic acid groups (broad SMARTS) is 1. The van der Waals surface area contributed by atoms with Crippen molar-refractivity contribution in [3.8, 4) is 0 Å². The number of carbonyl (C=O) groups is 1. The van der Waals surface area contributed by atoms with Crippen LogP contribution in [0.1, 0.15) is 44.0 Å². The van der Waals surface area contributed by atoms with E-state index in [1.165, 1.54) is 4.68 Å². The number of rotatable bonds is 6. The van der Waals surface area contributed by atoms with Gasteiger partial charge in [0.05, 0.1) is 4.92 Å². The van der Waals surface area contributed by atoms with E-state index in [2.05, 4.69) is 5.10 Å². The number of aliphatic carboxylic acids is 1. The summed E-state index contributed by atoms with van der Waals surface area (Å²) < 4.78 is 1.32. The molecule has 0 saturated heterocycles. The molecule has 1 heterocycles. The van der Waals surface area contributed by atoms with Crippen molar-refractivity contribution in [1.29, 1.82) is 0 Å². The molecule has 1 rings (SSSR count). The van der Waals surface area contributed by atoms with Gasteiger partial charge in [-0.15, -0.1) is 0 Å².